The van der Waals surface area contributed by atoms with Gasteiger partial charge >= 0.3 is 0 Å². The molecule has 0 radical (unpaired) electrons. The Morgan fingerprint density at radius 1 is 0.966 bits per heavy atom. The van der Waals surface area contributed by atoms with Crippen LogP contribution < -0.4 is 15.2 Å². The van der Waals surface area contributed by atoms with Crippen molar-refractivity contribution in [2.75, 3.05) is 7.11 Å². The quantitative estimate of drug-likeness (QED) is 0.330. The van der Waals surface area contributed by atoms with E-state index in [2.05, 4.69) is 22.3 Å². The van der Waals surface area contributed by atoms with Crippen molar-refractivity contribution in [1.82, 2.24) is 0 Å². The summed E-state index contributed by atoms with van der Waals surface area (Å²) in [5.41, 5.74) is 9.00. The van der Waals surface area contributed by atoms with Gasteiger partial charge in [0.2, 0.25) is 0 Å². The van der Waals surface area contributed by atoms with E-state index in [0.29, 0.717) is 17.5 Å². The van der Waals surface area contributed by atoms with Gasteiger partial charge in [0.1, 0.15) is 18.1 Å². The van der Waals surface area contributed by atoms with Gasteiger partial charge in [-0.25, -0.2) is 0 Å². The summed E-state index contributed by atoms with van der Waals surface area (Å²) in [5.74, 6) is 2.16. The van der Waals surface area contributed by atoms with Crippen molar-refractivity contribution in [2.24, 2.45) is 15.9 Å². The number of rotatable bonds is 8. The van der Waals surface area contributed by atoms with Crippen LogP contribution in [0.3, 0.4) is 0 Å². The molecule has 5 nitrogen and oxygen atoms in total. The molecule has 0 fully saturated rings. The molecule has 0 aliphatic rings. The monoisotopic (exact) mass is 405 g/mol. The first-order chi connectivity index (χ1) is 14.2. The van der Waals surface area contributed by atoms with Gasteiger partial charge < -0.3 is 15.2 Å². The molecule has 2 N–H and O–H groups in total. The van der Waals surface area contributed by atoms with Crippen molar-refractivity contribution in [3.05, 3.63) is 95.6 Å². The van der Waals surface area contributed by atoms with Crippen molar-refractivity contribution < 1.29 is 9.47 Å². The van der Waals surface area contributed by atoms with Crippen LogP contribution in [-0.4, -0.2) is 18.5 Å². The van der Waals surface area contributed by atoms with Crippen LogP contribution >= 0.6 is 11.8 Å². The number of benzene rings is 3. The van der Waals surface area contributed by atoms with Crippen molar-refractivity contribution >= 4 is 23.1 Å². The Labute approximate surface area is 175 Å². The van der Waals surface area contributed by atoms with E-state index in [9.17, 15) is 0 Å². The second-order valence-electron chi connectivity index (χ2n) is 6.14. The number of ether oxygens (including phenoxy) is 2. The van der Waals surface area contributed by atoms with Gasteiger partial charge in [-0.3, -0.25) is 0 Å². The van der Waals surface area contributed by atoms with Gasteiger partial charge in [0.05, 0.1) is 13.3 Å². The Morgan fingerprint density at radius 2 is 1.66 bits per heavy atom. The minimum atomic E-state index is 0.403. The minimum Gasteiger partial charge on any atom is -0.496 e. The number of methoxy groups -OCH3 is 1. The first-order valence-electron chi connectivity index (χ1n) is 9.12. The molecule has 0 bridgehead atoms. The summed E-state index contributed by atoms with van der Waals surface area (Å²) in [7, 11) is 1.62. The number of nitrogens with zero attached hydrogens (tertiary/aromatic N) is 2. The van der Waals surface area contributed by atoms with E-state index in [1.807, 2.05) is 66.7 Å². The third-order valence-corrected chi connectivity index (χ3v) is 4.89. The maximum Gasteiger partial charge on any atom is 0.180 e. The Hall–Kier alpha value is -3.25. The average molecular weight is 406 g/mol. The molecule has 148 valence electrons. The SMILES string of the molecule is COc1ccc(OCc2ccccc2)cc1C=NN=C(N)SCc1ccccc1. The van der Waals surface area contributed by atoms with E-state index in [1.54, 1.807) is 13.3 Å². The van der Waals surface area contributed by atoms with Gasteiger partial charge in [0.15, 0.2) is 5.17 Å². The highest BCUT2D eigenvalue weighted by molar-refractivity contribution is 8.13. The van der Waals surface area contributed by atoms with Crippen LogP contribution in [0, 0.1) is 0 Å². The van der Waals surface area contributed by atoms with Crippen molar-refractivity contribution in [3.8, 4) is 11.5 Å². The van der Waals surface area contributed by atoms with Gasteiger partial charge in [-0.1, -0.05) is 72.4 Å². The van der Waals surface area contributed by atoms with E-state index in [0.717, 1.165) is 22.6 Å². The molecule has 0 spiro atoms. The molecule has 3 rings (SSSR count). The summed E-state index contributed by atoms with van der Waals surface area (Å²) < 4.78 is 11.3. The first-order valence-corrected chi connectivity index (χ1v) is 10.1. The van der Waals surface area contributed by atoms with Crippen molar-refractivity contribution in [2.45, 2.75) is 12.4 Å². The normalized spacial score (nSPS) is 11.6. The van der Waals surface area contributed by atoms with E-state index in [1.165, 1.54) is 17.3 Å². The zero-order valence-electron chi connectivity index (χ0n) is 16.2. The second kappa shape index (κ2) is 10.9. The maximum atomic E-state index is 5.94. The third kappa shape index (κ3) is 6.69. The number of hydrogen-bond acceptors (Lipinski definition) is 5. The zero-order chi connectivity index (χ0) is 20.3. The van der Waals surface area contributed by atoms with Gasteiger partial charge in [-0.15, -0.1) is 5.10 Å². The van der Waals surface area contributed by atoms with E-state index >= 15 is 0 Å². The second-order valence-corrected chi connectivity index (χ2v) is 7.13. The van der Waals surface area contributed by atoms with Crippen LogP contribution in [0.1, 0.15) is 16.7 Å². The zero-order valence-corrected chi connectivity index (χ0v) is 17.0. The largest absolute Gasteiger partial charge is 0.496 e. The predicted molar refractivity (Wildman–Crippen MR) is 121 cm³/mol. The summed E-state index contributed by atoms with van der Waals surface area (Å²) in [6.07, 6.45) is 1.62. The highest BCUT2D eigenvalue weighted by Gasteiger charge is 2.04. The summed E-state index contributed by atoms with van der Waals surface area (Å²) in [6, 6.07) is 25.7. The maximum absolute atomic E-state index is 5.94. The summed E-state index contributed by atoms with van der Waals surface area (Å²) in [6.45, 7) is 0.491. The van der Waals surface area contributed by atoms with Crippen LogP contribution in [0.4, 0.5) is 0 Å². The molecule has 0 saturated heterocycles. The lowest BCUT2D eigenvalue weighted by Gasteiger charge is -2.09. The van der Waals surface area contributed by atoms with Gasteiger partial charge in [0, 0.05) is 11.3 Å². The van der Waals surface area contributed by atoms with Gasteiger partial charge in [0.25, 0.3) is 0 Å². The lowest BCUT2D eigenvalue weighted by molar-refractivity contribution is 0.305. The molecule has 0 atom stereocenters. The Bertz CT molecular complexity index is 960. The van der Waals surface area contributed by atoms with Crippen LogP contribution in [0.15, 0.2) is 89.1 Å². The Morgan fingerprint density at radius 3 is 2.34 bits per heavy atom. The smallest absolute Gasteiger partial charge is 0.180 e. The molecule has 3 aromatic rings. The average Bonchev–Trinajstić information content (AvgIpc) is 2.78. The molecule has 0 aliphatic heterocycles. The molecular weight excluding hydrogens is 382 g/mol. The van der Waals surface area contributed by atoms with Crippen LogP contribution in [-0.2, 0) is 12.4 Å². The molecule has 0 aliphatic carbocycles. The highest BCUT2D eigenvalue weighted by Crippen LogP contribution is 2.23. The highest BCUT2D eigenvalue weighted by atomic mass is 32.2. The van der Waals surface area contributed by atoms with Gasteiger partial charge in [-0.05, 0) is 29.3 Å². The topological polar surface area (TPSA) is 69.2 Å². The van der Waals surface area contributed by atoms with E-state index in [-0.39, 0.29) is 0 Å². The fraction of sp³-hybridized carbons (Fsp3) is 0.130. The van der Waals surface area contributed by atoms with Crippen LogP contribution in [0.2, 0.25) is 0 Å². The molecule has 0 aromatic heterocycles. The first kappa shape index (κ1) is 20.5. The van der Waals surface area contributed by atoms with Crippen molar-refractivity contribution in [1.29, 1.82) is 0 Å². The predicted octanol–water partition coefficient (Wildman–Crippen LogP) is 4.86. The fourth-order valence-electron chi connectivity index (χ4n) is 2.55. The molecule has 0 heterocycles. The number of thioether (sulfide) groups is 1. The van der Waals surface area contributed by atoms with Crippen molar-refractivity contribution in [3.63, 3.8) is 0 Å². The molecule has 29 heavy (non-hydrogen) atoms. The molecule has 6 heteroatoms. The van der Waals surface area contributed by atoms with Crippen LogP contribution in [0.5, 0.6) is 11.5 Å². The molecular formula is C23H23N3O2S. The van der Waals surface area contributed by atoms with E-state index < -0.39 is 0 Å². The third-order valence-electron chi connectivity index (χ3n) is 4.03. The summed E-state index contributed by atoms with van der Waals surface area (Å²) in [4.78, 5) is 0. The molecule has 0 saturated carbocycles. The number of hydrogen-bond donors (Lipinski definition) is 1. The van der Waals surface area contributed by atoms with Gasteiger partial charge in [-0.2, -0.15) is 5.10 Å². The van der Waals surface area contributed by atoms with Crippen LogP contribution in [0.25, 0.3) is 0 Å². The lowest BCUT2D eigenvalue weighted by atomic mass is 10.2. The Kier molecular flexibility index (Phi) is 7.72. The summed E-state index contributed by atoms with van der Waals surface area (Å²) >= 11 is 1.44. The minimum absolute atomic E-state index is 0.403. The standard InChI is InChI=1S/C23H23N3O2S/c1-27-22-13-12-21(28-16-18-8-4-2-5-9-18)14-20(22)15-25-26-23(24)29-17-19-10-6-3-7-11-19/h2-15H,16-17H2,1H3,(H2,24,26). The Balaban J connectivity index is 1.61. The lowest BCUT2D eigenvalue weighted by Crippen LogP contribution is -2.06. The van der Waals surface area contributed by atoms with E-state index in [4.69, 9.17) is 15.2 Å². The number of amidine groups is 1. The molecule has 3 aromatic carbocycles. The molecule has 0 unspecified atom stereocenters. The molecule has 0 amide bonds. The number of nitrogens with two attached hydrogens (primary N) is 1. The fourth-order valence-corrected chi connectivity index (χ4v) is 3.16. The summed E-state index contributed by atoms with van der Waals surface area (Å²) in [5, 5.41) is 8.57.